The monoisotopic (exact) mass is 172 g/mol. The Morgan fingerprint density at radius 1 is 1.70 bits per heavy atom. The van der Waals surface area contributed by atoms with Gasteiger partial charge in [-0.05, 0) is 19.4 Å². The van der Waals surface area contributed by atoms with Crippen LogP contribution in [0.4, 0.5) is 0 Å². The highest BCUT2D eigenvalue weighted by Crippen LogP contribution is 2.03. The lowest BCUT2D eigenvalue weighted by Gasteiger charge is -1.90. The lowest BCUT2D eigenvalue weighted by molar-refractivity contribution is 0.938. The smallest absolute Gasteiger partial charge is 0.158 e. The molecule has 0 spiro atoms. The van der Waals surface area contributed by atoms with Gasteiger partial charge < -0.3 is 0 Å². The molecule has 0 saturated carbocycles. The zero-order valence-corrected chi connectivity index (χ0v) is 7.54. The molecule has 0 N–H and O–H groups in total. The maximum atomic E-state index is 4.80. The number of thiol groups is 1. The van der Waals surface area contributed by atoms with Gasteiger partial charge in [-0.15, -0.1) is 12.6 Å². The van der Waals surface area contributed by atoms with Crippen LogP contribution in [-0.2, 0) is 0 Å². The van der Waals surface area contributed by atoms with Crippen molar-refractivity contribution in [3.05, 3.63) is 17.5 Å². The standard InChI is InChI=1S/C6H8N2S2/c1-4-3-8(6(9)10)7-5(4)2/h3H,1-2H3,(H,9,10). The van der Waals surface area contributed by atoms with Gasteiger partial charge >= 0.3 is 0 Å². The molecule has 1 rings (SSSR count). The summed E-state index contributed by atoms with van der Waals surface area (Å²) < 4.78 is 2.07. The van der Waals surface area contributed by atoms with Crippen molar-refractivity contribution in [2.45, 2.75) is 13.8 Å². The maximum absolute atomic E-state index is 4.80. The summed E-state index contributed by atoms with van der Waals surface area (Å²) in [5, 5.41) is 4.11. The van der Waals surface area contributed by atoms with Crippen molar-refractivity contribution in [2.75, 3.05) is 0 Å². The van der Waals surface area contributed by atoms with Gasteiger partial charge in [0.1, 0.15) is 0 Å². The number of nitrogens with zero attached hydrogens (tertiary/aromatic N) is 2. The number of aromatic nitrogens is 2. The van der Waals surface area contributed by atoms with Crippen molar-refractivity contribution >= 4 is 29.2 Å². The van der Waals surface area contributed by atoms with E-state index >= 15 is 0 Å². The van der Waals surface area contributed by atoms with Crippen LogP contribution in [0.25, 0.3) is 0 Å². The summed E-state index contributed by atoms with van der Waals surface area (Å²) in [6, 6.07) is 0. The van der Waals surface area contributed by atoms with E-state index in [1.54, 1.807) is 4.68 Å². The van der Waals surface area contributed by atoms with Crippen LogP contribution < -0.4 is 0 Å². The zero-order valence-electron chi connectivity index (χ0n) is 5.83. The first-order valence-electron chi connectivity index (χ1n) is 2.87. The van der Waals surface area contributed by atoms with E-state index in [0.717, 1.165) is 11.3 Å². The van der Waals surface area contributed by atoms with E-state index in [-0.39, 0.29) is 0 Å². The number of thiocarbonyl (C=S) groups is 1. The van der Waals surface area contributed by atoms with Gasteiger partial charge in [0, 0.05) is 6.20 Å². The molecule has 1 heterocycles. The summed E-state index contributed by atoms with van der Waals surface area (Å²) in [7, 11) is 0. The molecule has 4 heteroatoms. The molecule has 0 bridgehead atoms. The Balaban J connectivity index is 3.10. The van der Waals surface area contributed by atoms with Gasteiger partial charge in [0.05, 0.1) is 5.69 Å². The van der Waals surface area contributed by atoms with E-state index in [1.807, 2.05) is 20.0 Å². The van der Waals surface area contributed by atoms with E-state index in [0.29, 0.717) is 4.32 Å². The first kappa shape index (κ1) is 7.75. The first-order valence-corrected chi connectivity index (χ1v) is 3.73. The van der Waals surface area contributed by atoms with Crippen molar-refractivity contribution in [3.8, 4) is 0 Å². The summed E-state index contributed by atoms with van der Waals surface area (Å²) >= 11 is 8.78. The molecule has 0 aliphatic carbocycles. The molecule has 1 aromatic heterocycles. The molecule has 0 saturated heterocycles. The first-order chi connectivity index (χ1) is 4.61. The van der Waals surface area contributed by atoms with Crippen LogP contribution in [0.2, 0.25) is 0 Å². The van der Waals surface area contributed by atoms with Gasteiger partial charge in [-0.1, -0.05) is 12.2 Å². The van der Waals surface area contributed by atoms with Gasteiger partial charge in [0.2, 0.25) is 0 Å². The average molecular weight is 172 g/mol. The third kappa shape index (κ3) is 1.38. The lowest BCUT2D eigenvalue weighted by atomic mass is 10.3. The molecule has 0 radical (unpaired) electrons. The maximum Gasteiger partial charge on any atom is 0.158 e. The predicted molar refractivity (Wildman–Crippen MR) is 48.7 cm³/mol. The van der Waals surface area contributed by atoms with E-state index in [2.05, 4.69) is 17.7 Å². The van der Waals surface area contributed by atoms with E-state index in [4.69, 9.17) is 12.2 Å². The fraction of sp³-hybridized carbons (Fsp3) is 0.333. The molecular weight excluding hydrogens is 164 g/mol. The molecule has 1 aromatic rings. The highest BCUT2D eigenvalue weighted by Gasteiger charge is 1.99. The lowest BCUT2D eigenvalue weighted by Crippen LogP contribution is -2.01. The Hall–Kier alpha value is -0.350. The van der Waals surface area contributed by atoms with Crippen LogP contribution in [0.15, 0.2) is 6.20 Å². The van der Waals surface area contributed by atoms with E-state index in [9.17, 15) is 0 Å². The SMILES string of the molecule is Cc1cn(C(=S)S)nc1C. The Kier molecular flexibility index (Phi) is 2.11. The Bertz CT molecular complexity index is 245. The topological polar surface area (TPSA) is 17.8 Å². The quantitative estimate of drug-likeness (QED) is 0.473. The van der Waals surface area contributed by atoms with Crippen LogP contribution in [0.3, 0.4) is 0 Å². The van der Waals surface area contributed by atoms with E-state index < -0.39 is 0 Å². The van der Waals surface area contributed by atoms with Crippen molar-refractivity contribution < 1.29 is 0 Å². The van der Waals surface area contributed by atoms with Gasteiger partial charge in [-0.2, -0.15) is 5.10 Å². The Labute approximate surface area is 70.6 Å². The van der Waals surface area contributed by atoms with Crippen molar-refractivity contribution in [1.29, 1.82) is 0 Å². The van der Waals surface area contributed by atoms with Gasteiger partial charge in [0.15, 0.2) is 4.32 Å². The predicted octanol–water partition coefficient (Wildman–Crippen LogP) is 1.56. The summed E-state index contributed by atoms with van der Waals surface area (Å²) in [4.78, 5) is 0. The number of hydrogen-bond donors (Lipinski definition) is 1. The molecule has 0 aromatic carbocycles. The minimum absolute atomic E-state index is 0.483. The Morgan fingerprint density at radius 2 is 2.30 bits per heavy atom. The minimum Gasteiger partial charge on any atom is -0.223 e. The molecule has 0 aliphatic rings. The second-order valence-electron chi connectivity index (χ2n) is 2.12. The van der Waals surface area contributed by atoms with Gasteiger partial charge in [-0.3, -0.25) is 0 Å². The van der Waals surface area contributed by atoms with Crippen LogP contribution in [-0.4, -0.2) is 14.1 Å². The second kappa shape index (κ2) is 2.72. The van der Waals surface area contributed by atoms with Crippen LogP contribution in [0.5, 0.6) is 0 Å². The third-order valence-electron chi connectivity index (χ3n) is 1.34. The number of aryl methyl sites for hydroxylation is 2. The van der Waals surface area contributed by atoms with Gasteiger partial charge in [0.25, 0.3) is 0 Å². The normalized spacial score (nSPS) is 9.90. The van der Waals surface area contributed by atoms with Gasteiger partial charge in [-0.25, -0.2) is 4.68 Å². The molecule has 2 nitrogen and oxygen atoms in total. The largest absolute Gasteiger partial charge is 0.223 e. The zero-order chi connectivity index (χ0) is 7.72. The van der Waals surface area contributed by atoms with Crippen molar-refractivity contribution in [3.63, 3.8) is 0 Å². The molecule has 0 unspecified atom stereocenters. The van der Waals surface area contributed by atoms with Crippen LogP contribution >= 0.6 is 24.8 Å². The fourth-order valence-electron chi connectivity index (χ4n) is 0.644. The minimum atomic E-state index is 0.483. The third-order valence-corrected chi connectivity index (χ3v) is 1.73. The summed E-state index contributed by atoms with van der Waals surface area (Å²) in [6.45, 7) is 3.93. The fourth-order valence-corrected chi connectivity index (χ4v) is 0.840. The molecule has 0 fully saturated rings. The summed E-state index contributed by atoms with van der Waals surface area (Å²) in [5.74, 6) is 0. The molecular formula is C6H8N2S2. The van der Waals surface area contributed by atoms with Crippen molar-refractivity contribution in [1.82, 2.24) is 9.78 Å². The summed E-state index contributed by atoms with van der Waals surface area (Å²) in [5.41, 5.74) is 2.13. The van der Waals surface area contributed by atoms with E-state index in [1.165, 1.54) is 0 Å². The average Bonchev–Trinajstić information content (AvgIpc) is 2.13. The number of rotatable bonds is 0. The molecule has 54 valence electrons. The number of hydrogen-bond acceptors (Lipinski definition) is 2. The highest BCUT2D eigenvalue weighted by molar-refractivity contribution is 8.11. The van der Waals surface area contributed by atoms with Crippen LogP contribution in [0.1, 0.15) is 11.3 Å². The molecule has 10 heavy (non-hydrogen) atoms. The van der Waals surface area contributed by atoms with Crippen molar-refractivity contribution in [2.24, 2.45) is 0 Å². The molecule has 0 aliphatic heterocycles. The van der Waals surface area contributed by atoms with Crippen LogP contribution in [0, 0.1) is 13.8 Å². The molecule has 0 amide bonds. The molecule has 0 atom stereocenters. The second-order valence-corrected chi connectivity index (χ2v) is 3.24. The Morgan fingerprint density at radius 3 is 2.50 bits per heavy atom. The highest BCUT2D eigenvalue weighted by atomic mass is 32.1. The summed E-state index contributed by atoms with van der Waals surface area (Å²) in [6.07, 6.45) is 1.87.